The van der Waals surface area contributed by atoms with E-state index < -0.39 is 0 Å². The van der Waals surface area contributed by atoms with Gasteiger partial charge in [0, 0.05) is 11.1 Å². The van der Waals surface area contributed by atoms with Crippen molar-refractivity contribution in [1.82, 2.24) is 19.9 Å². The summed E-state index contributed by atoms with van der Waals surface area (Å²) in [5.41, 5.74) is 11.4. The maximum absolute atomic E-state index is 4.76. The van der Waals surface area contributed by atoms with Gasteiger partial charge in [-0.1, -0.05) is 24.3 Å². The largest absolute Gasteiger partial charge is 0.338 e. The molecule has 2 aromatic heterocycles. The second kappa shape index (κ2) is 6.06. The number of aromatic amines is 2. The standard InChI is InChI=1S/C24H22N4/c1-13-9-19-20(10-14(13)2)26-23(25-19)17-5-7-18(8-6-17)24-27-21-11-15(3)16(4)12-22(21)28-24/h5-12H,1-4H3,(H,25,26)(H,27,28). The summed E-state index contributed by atoms with van der Waals surface area (Å²) >= 11 is 0. The Morgan fingerprint density at radius 2 is 0.893 bits per heavy atom. The van der Waals surface area contributed by atoms with E-state index in [1.165, 1.54) is 22.3 Å². The Hall–Kier alpha value is -3.40. The second-order valence-electron chi connectivity index (χ2n) is 7.66. The molecule has 0 atom stereocenters. The van der Waals surface area contributed by atoms with E-state index in [4.69, 9.17) is 9.97 Å². The highest BCUT2D eigenvalue weighted by Gasteiger charge is 2.10. The minimum Gasteiger partial charge on any atom is -0.338 e. The highest BCUT2D eigenvalue weighted by molar-refractivity contribution is 5.83. The molecule has 0 saturated heterocycles. The van der Waals surface area contributed by atoms with Crippen molar-refractivity contribution in [3.05, 3.63) is 70.8 Å². The summed E-state index contributed by atoms with van der Waals surface area (Å²) in [4.78, 5) is 16.4. The molecule has 0 aliphatic carbocycles. The highest BCUT2D eigenvalue weighted by atomic mass is 14.9. The van der Waals surface area contributed by atoms with Gasteiger partial charge < -0.3 is 9.97 Å². The van der Waals surface area contributed by atoms with Gasteiger partial charge in [-0.05, 0) is 74.2 Å². The topological polar surface area (TPSA) is 57.4 Å². The number of nitrogens with one attached hydrogen (secondary N) is 2. The van der Waals surface area contributed by atoms with E-state index in [0.29, 0.717) is 0 Å². The number of H-pyrrole nitrogens is 2. The van der Waals surface area contributed by atoms with Crippen molar-refractivity contribution in [2.24, 2.45) is 0 Å². The number of hydrogen-bond donors (Lipinski definition) is 2. The SMILES string of the molecule is Cc1cc2nc(-c3ccc(-c4nc5cc(C)c(C)cc5[nH]4)cc3)[nH]c2cc1C. The molecule has 0 amide bonds. The van der Waals surface area contributed by atoms with Crippen molar-refractivity contribution in [1.29, 1.82) is 0 Å². The maximum Gasteiger partial charge on any atom is 0.138 e. The predicted octanol–water partition coefficient (Wildman–Crippen LogP) is 6.01. The lowest BCUT2D eigenvalue weighted by molar-refractivity contribution is 1.32. The van der Waals surface area contributed by atoms with Crippen molar-refractivity contribution in [3.8, 4) is 22.8 Å². The van der Waals surface area contributed by atoms with Crippen LogP contribution in [0, 0.1) is 27.7 Å². The van der Waals surface area contributed by atoms with E-state index >= 15 is 0 Å². The van der Waals surface area contributed by atoms with Gasteiger partial charge in [-0.25, -0.2) is 9.97 Å². The van der Waals surface area contributed by atoms with E-state index in [-0.39, 0.29) is 0 Å². The first kappa shape index (κ1) is 16.8. The van der Waals surface area contributed by atoms with Gasteiger partial charge in [0.25, 0.3) is 0 Å². The first-order chi connectivity index (χ1) is 13.5. The lowest BCUT2D eigenvalue weighted by atomic mass is 10.1. The molecule has 2 N–H and O–H groups in total. The molecule has 4 nitrogen and oxygen atoms in total. The Balaban J connectivity index is 1.52. The summed E-state index contributed by atoms with van der Waals surface area (Å²) in [5, 5.41) is 0. The molecule has 28 heavy (non-hydrogen) atoms. The van der Waals surface area contributed by atoms with Gasteiger partial charge in [-0.3, -0.25) is 0 Å². The number of hydrogen-bond acceptors (Lipinski definition) is 2. The second-order valence-corrected chi connectivity index (χ2v) is 7.66. The summed E-state index contributed by atoms with van der Waals surface area (Å²) in [5.74, 6) is 1.78. The first-order valence-electron chi connectivity index (χ1n) is 9.53. The summed E-state index contributed by atoms with van der Waals surface area (Å²) in [6.07, 6.45) is 0. The van der Waals surface area contributed by atoms with Crippen LogP contribution in [0.5, 0.6) is 0 Å². The van der Waals surface area contributed by atoms with Crippen LogP contribution < -0.4 is 0 Å². The zero-order chi connectivity index (χ0) is 19.4. The average molecular weight is 366 g/mol. The Morgan fingerprint density at radius 1 is 0.536 bits per heavy atom. The molecule has 0 radical (unpaired) electrons. The zero-order valence-electron chi connectivity index (χ0n) is 16.5. The molecule has 0 aliphatic heterocycles. The summed E-state index contributed by atoms with van der Waals surface area (Å²) < 4.78 is 0. The monoisotopic (exact) mass is 366 g/mol. The van der Waals surface area contributed by atoms with Crippen LogP contribution >= 0.6 is 0 Å². The number of aromatic nitrogens is 4. The molecular formula is C24H22N4. The van der Waals surface area contributed by atoms with E-state index in [9.17, 15) is 0 Å². The smallest absolute Gasteiger partial charge is 0.138 e. The molecular weight excluding hydrogens is 344 g/mol. The minimum atomic E-state index is 0.891. The zero-order valence-corrected chi connectivity index (χ0v) is 16.5. The normalized spacial score (nSPS) is 11.6. The fourth-order valence-corrected chi connectivity index (χ4v) is 3.60. The number of aryl methyl sites for hydroxylation is 4. The van der Waals surface area contributed by atoms with Crippen LogP contribution in [0.4, 0.5) is 0 Å². The van der Waals surface area contributed by atoms with Gasteiger partial charge in [0.05, 0.1) is 22.1 Å². The maximum atomic E-state index is 4.76. The molecule has 4 heteroatoms. The molecule has 0 fully saturated rings. The molecule has 2 heterocycles. The molecule has 5 rings (SSSR count). The number of nitrogens with zero attached hydrogens (tertiary/aromatic N) is 2. The number of fused-ring (bicyclic) bond motifs is 2. The third-order valence-corrected chi connectivity index (χ3v) is 5.63. The van der Waals surface area contributed by atoms with Crippen molar-refractivity contribution >= 4 is 22.1 Å². The Bertz CT molecular complexity index is 1150. The van der Waals surface area contributed by atoms with Crippen molar-refractivity contribution in [2.75, 3.05) is 0 Å². The fourth-order valence-electron chi connectivity index (χ4n) is 3.60. The fraction of sp³-hybridized carbons (Fsp3) is 0.167. The van der Waals surface area contributed by atoms with Gasteiger partial charge >= 0.3 is 0 Å². The third-order valence-electron chi connectivity index (χ3n) is 5.63. The Labute approximate surface area is 163 Å². The molecule has 0 saturated carbocycles. The van der Waals surface area contributed by atoms with E-state index in [1.807, 2.05) is 0 Å². The van der Waals surface area contributed by atoms with Crippen LogP contribution in [0.2, 0.25) is 0 Å². The van der Waals surface area contributed by atoms with E-state index in [1.54, 1.807) is 0 Å². The van der Waals surface area contributed by atoms with E-state index in [0.717, 1.165) is 44.8 Å². The van der Waals surface area contributed by atoms with Crippen LogP contribution in [-0.2, 0) is 0 Å². The van der Waals surface area contributed by atoms with Crippen molar-refractivity contribution in [3.63, 3.8) is 0 Å². The molecule has 5 aromatic rings. The van der Waals surface area contributed by atoms with Gasteiger partial charge in [-0.15, -0.1) is 0 Å². The summed E-state index contributed by atoms with van der Waals surface area (Å²) in [6.45, 7) is 8.49. The van der Waals surface area contributed by atoms with Crippen LogP contribution in [-0.4, -0.2) is 19.9 Å². The molecule has 0 spiro atoms. The van der Waals surface area contributed by atoms with Gasteiger partial charge in [0.1, 0.15) is 11.6 Å². The van der Waals surface area contributed by atoms with Crippen LogP contribution in [0.3, 0.4) is 0 Å². The van der Waals surface area contributed by atoms with E-state index in [2.05, 4.69) is 86.2 Å². The molecule has 0 aliphatic rings. The molecule has 138 valence electrons. The quantitative estimate of drug-likeness (QED) is 0.402. The molecule has 0 unspecified atom stereocenters. The average Bonchev–Trinajstić information content (AvgIpc) is 3.26. The Morgan fingerprint density at radius 3 is 1.29 bits per heavy atom. The summed E-state index contributed by atoms with van der Waals surface area (Å²) in [7, 11) is 0. The third kappa shape index (κ3) is 2.69. The van der Waals surface area contributed by atoms with Gasteiger partial charge in [0.2, 0.25) is 0 Å². The first-order valence-corrected chi connectivity index (χ1v) is 9.53. The molecule has 3 aromatic carbocycles. The van der Waals surface area contributed by atoms with Gasteiger partial charge in [0.15, 0.2) is 0 Å². The highest BCUT2D eigenvalue weighted by Crippen LogP contribution is 2.27. The lowest BCUT2D eigenvalue weighted by Crippen LogP contribution is -1.83. The minimum absolute atomic E-state index is 0.891. The van der Waals surface area contributed by atoms with Crippen LogP contribution in [0.25, 0.3) is 44.8 Å². The summed E-state index contributed by atoms with van der Waals surface area (Å²) in [6, 6.07) is 17.0. The number of imidazole rings is 2. The van der Waals surface area contributed by atoms with Crippen molar-refractivity contribution < 1.29 is 0 Å². The van der Waals surface area contributed by atoms with Crippen molar-refractivity contribution in [2.45, 2.75) is 27.7 Å². The lowest BCUT2D eigenvalue weighted by Gasteiger charge is -1.99. The molecule has 0 bridgehead atoms. The van der Waals surface area contributed by atoms with Crippen LogP contribution in [0.15, 0.2) is 48.5 Å². The Kier molecular flexibility index (Phi) is 3.63. The number of rotatable bonds is 2. The number of benzene rings is 3. The van der Waals surface area contributed by atoms with Crippen LogP contribution in [0.1, 0.15) is 22.3 Å². The predicted molar refractivity (Wildman–Crippen MR) is 116 cm³/mol. The van der Waals surface area contributed by atoms with Gasteiger partial charge in [-0.2, -0.15) is 0 Å².